The minimum atomic E-state index is -0.0381. The quantitative estimate of drug-likeness (QED) is 0.766. The van der Waals surface area contributed by atoms with E-state index < -0.39 is 0 Å². The van der Waals surface area contributed by atoms with Crippen molar-refractivity contribution in [3.05, 3.63) is 29.8 Å². The largest absolute Gasteiger partial charge is 0.349 e. The van der Waals surface area contributed by atoms with Gasteiger partial charge in [0.2, 0.25) is 0 Å². The average Bonchev–Trinajstić information content (AvgIpc) is 3.14. The van der Waals surface area contributed by atoms with Crippen molar-refractivity contribution in [2.75, 3.05) is 31.5 Å². The summed E-state index contributed by atoms with van der Waals surface area (Å²) in [6.07, 6.45) is 6.98. The molecule has 6 nitrogen and oxygen atoms in total. The van der Waals surface area contributed by atoms with E-state index in [0.29, 0.717) is 23.4 Å². The second-order valence-electron chi connectivity index (χ2n) is 8.23. The number of likely N-dealkylation sites (tertiary alicyclic amines) is 1. The summed E-state index contributed by atoms with van der Waals surface area (Å²) in [7, 11) is 0. The van der Waals surface area contributed by atoms with Crippen LogP contribution in [0.15, 0.2) is 24.3 Å². The first-order valence-electron chi connectivity index (χ1n) is 10.4. The van der Waals surface area contributed by atoms with Gasteiger partial charge in [0.25, 0.3) is 5.91 Å². The summed E-state index contributed by atoms with van der Waals surface area (Å²) in [5.74, 6) is 1.19. The van der Waals surface area contributed by atoms with Crippen LogP contribution in [0.4, 0.5) is 10.5 Å². The molecule has 146 valence electrons. The van der Waals surface area contributed by atoms with Gasteiger partial charge in [0.15, 0.2) is 0 Å². The molecule has 2 heterocycles. The number of piperidine rings is 1. The van der Waals surface area contributed by atoms with Crippen molar-refractivity contribution in [1.82, 2.24) is 15.5 Å². The lowest BCUT2D eigenvalue weighted by Crippen LogP contribution is -2.36. The molecule has 2 atom stereocenters. The van der Waals surface area contributed by atoms with Gasteiger partial charge < -0.3 is 20.9 Å². The Morgan fingerprint density at radius 3 is 2.44 bits per heavy atom. The monoisotopic (exact) mass is 370 g/mol. The first-order chi connectivity index (χ1) is 13.2. The molecule has 1 aliphatic carbocycles. The van der Waals surface area contributed by atoms with Crippen molar-refractivity contribution in [1.29, 1.82) is 0 Å². The third-order valence-electron chi connectivity index (χ3n) is 6.30. The fourth-order valence-corrected chi connectivity index (χ4v) is 4.66. The summed E-state index contributed by atoms with van der Waals surface area (Å²) in [6, 6.07) is 7.49. The molecule has 1 aromatic carbocycles. The van der Waals surface area contributed by atoms with Crippen LogP contribution < -0.4 is 16.0 Å². The van der Waals surface area contributed by atoms with E-state index in [-0.39, 0.29) is 11.9 Å². The fourth-order valence-electron chi connectivity index (χ4n) is 4.66. The Kier molecular flexibility index (Phi) is 5.62. The lowest BCUT2D eigenvalue weighted by Gasteiger charge is -2.23. The van der Waals surface area contributed by atoms with Gasteiger partial charge in [-0.15, -0.1) is 0 Å². The summed E-state index contributed by atoms with van der Waals surface area (Å²) in [5, 5.41) is 9.52. The van der Waals surface area contributed by atoms with Crippen LogP contribution in [0.2, 0.25) is 0 Å². The van der Waals surface area contributed by atoms with Crippen molar-refractivity contribution in [2.24, 2.45) is 11.8 Å². The number of urea groups is 1. The number of anilines is 1. The number of fused-ring (bicyclic) bond motifs is 1. The molecule has 3 N–H and O–H groups in total. The van der Waals surface area contributed by atoms with Crippen molar-refractivity contribution in [3.63, 3.8) is 0 Å². The number of benzene rings is 1. The third-order valence-corrected chi connectivity index (χ3v) is 6.30. The molecule has 3 fully saturated rings. The third kappa shape index (κ3) is 4.43. The Balaban J connectivity index is 1.29. The van der Waals surface area contributed by atoms with E-state index in [1.807, 2.05) is 17.0 Å². The van der Waals surface area contributed by atoms with E-state index in [2.05, 4.69) is 16.0 Å². The summed E-state index contributed by atoms with van der Waals surface area (Å²) >= 11 is 0. The van der Waals surface area contributed by atoms with E-state index >= 15 is 0 Å². The Morgan fingerprint density at radius 1 is 0.963 bits per heavy atom. The highest BCUT2D eigenvalue weighted by Crippen LogP contribution is 2.28. The average molecular weight is 370 g/mol. The van der Waals surface area contributed by atoms with E-state index in [1.54, 1.807) is 12.1 Å². The van der Waals surface area contributed by atoms with Gasteiger partial charge >= 0.3 is 6.03 Å². The van der Waals surface area contributed by atoms with Crippen molar-refractivity contribution in [3.8, 4) is 0 Å². The molecule has 0 spiro atoms. The van der Waals surface area contributed by atoms with Gasteiger partial charge in [-0.2, -0.15) is 0 Å². The number of hydrogen-bond donors (Lipinski definition) is 3. The first kappa shape index (κ1) is 18.3. The molecule has 0 aromatic heterocycles. The molecule has 0 unspecified atom stereocenters. The van der Waals surface area contributed by atoms with Gasteiger partial charge in [-0.25, -0.2) is 4.79 Å². The van der Waals surface area contributed by atoms with Crippen molar-refractivity contribution < 1.29 is 9.59 Å². The smallest absolute Gasteiger partial charge is 0.321 e. The van der Waals surface area contributed by atoms with Crippen molar-refractivity contribution >= 4 is 17.6 Å². The zero-order valence-electron chi connectivity index (χ0n) is 15.9. The van der Waals surface area contributed by atoms with E-state index in [1.165, 1.54) is 19.3 Å². The van der Waals surface area contributed by atoms with Crippen LogP contribution in [0.1, 0.15) is 48.9 Å². The van der Waals surface area contributed by atoms with Gasteiger partial charge in [-0.1, -0.05) is 19.3 Å². The number of rotatable bonds is 3. The fraction of sp³-hybridized carbons (Fsp3) is 0.619. The molecule has 3 aliphatic rings. The predicted octanol–water partition coefficient (Wildman–Crippen LogP) is 2.82. The standard InChI is InChI=1S/C21H30N4O2/c26-20(23-18-4-2-1-3-5-18)15-6-8-19(9-7-15)24-21(27)25-13-16-10-11-22-12-17(16)14-25/h6-9,16-18,22H,1-5,10-14H2,(H,23,26)(H,24,27)/t16-,17+/m0/s1. The number of amides is 3. The molecule has 6 heteroatoms. The topological polar surface area (TPSA) is 73.5 Å². The molecule has 0 radical (unpaired) electrons. The first-order valence-corrected chi connectivity index (χ1v) is 10.4. The highest BCUT2D eigenvalue weighted by atomic mass is 16.2. The summed E-state index contributed by atoms with van der Waals surface area (Å²) in [5.41, 5.74) is 1.39. The number of nitrogens with zero attached hydrogens (tertiary/aromatic N) is 1. The molecule has 3 amide bonds. The number of nitrogens with one attached hydrogen (secondary N) is 3. The van der Waals surface area contributed by atoms with Gasteiger partial charge in [-0.05, 0) is 68.5 Å². The molecular weight excluding hydrogens is 340 g/mol. The maximum atomic E-state index is 12.6. The molecule has 1 aromatic rings. The molecule has 27 heavy (non-hydrogen) atoms. The molecule has 2 aliphatic heterocycles. The van der Waals surface area contributed by atoms with E-state index in [0.717, 1.165) is 51.1 Å². The van der Waals surface area contributed by atoms with Gasteiger partial charge in [0.1, 0.15) is 0 Å². The minimum Gasteiger partial charge on any atom is -0.349 e. The Labute approximate surface area is 161 Å². The Bertz CT molecular complexity index is 655. The molecule has 4 rings (SSSR count). The van der Waals surface area contributed by atoms with Crippen molar-refractivity contribution in [2.45, 2.75) is 44.6 Å². The molecular formula is C21H30N4O2. The van der Waals surface area contributed by atoms with E-state index in [4.69, 9.17) is 0 Å². The zero-order chi connectivity index (χ0) is 18.6. The number of carbonyl (C=O) groups is 2. The predicted molar refractivity (Wildman–Crippen MR) is 106 cm³/mol. The minimum absolute atomic E-state index is 0.0177. The van der Waals surface area contributed by atoms with E-state index in [9.17, 15) is 9.59 Å². The second kappa shape index (κ2) is 8.30. The number of hydrogen-bond acceptors (Lipinski definition) is 3. The molecule has 2 saturated heterocycles. The van der Waals surface area contributed by atoms with Crippen LogP contribution in [0.5, 0.6) is 0 Å². The lowest BCUT2D eigenvalue weighted by atomic mass is 9.90. The molecule has 0 bridgehead atoms. The lowest BCUT2D eigenvalue weighted by molar-refractivity contribution is 0.0927. The van der Waals surface area contributed by atoms with Crippen LogP contribution >= 0.6 is 0 Å². The summed E-state index contributed by atoms with van der Waals surface area (Å²) < 4.78 is 0. The molecule has 1 saturated carbocycles. The van der Waals surface area contributed by atoms with Gasteiger partial charge in [-0.3, -0.25) is 4.79 Å². The highest BCUT2D eigenvalue weighted by Gasteiger charge is 2.36. The van der Waals surface area contributed by atoms with Crippen LogP contribution in [0, 0.1) is 11.8 Å². The van der Waals surface area contributed by atoms with Crippen LogP contribution in [-0.2, 0) is 0 Å². The van der Waals surface area contributed by atoms with Crippen LogP contribution in [0.25, 0.3) is 0 Å². The number of carbonyl (C=O) groups excluding carboxylic acids is 2. The van der Waals surface area contributed by atoms with Gasteiger partial charge in [0, 0.05) is 30.4 Å². The normalized spacial score (nSPS) is 25.7. The highest BCUT2D eigenvalue weighted by molar-refractivity contribution is 5.95. The Hall–Kier alpha value is -2.08. The second-order valence-corrected chi connectivity index (χ2v) is 8.23. The Morgan fingerprint density at radius 2 is 1.70 bits per heavy atom. The van der Waals surface area contributed by atoms with Gasteiger partial charge in [0.05, 0.1) is 0 Å². The SMILES string of the molecule is O=C(NC1CCCCC1)c1ccc(NC(=O)N2C[C@H]3CNCC[C@H]3C2)cc1. The van der Waals surface area contributed by atoms with Crippen LogP contribution in [0.3, 0.4) is 0 Å². The maximum Gasteiger partial charge on any atom is 0.321 e. The zero-order valence-corrected chi connectivity index (χ0v) is 15.9. The summed E-state index contributed by atoms with van der Waals surface area (Å²) in [6.45, 7) is 3.74. The summed E-state index contributed by atoms with van der Waals surface area (Å²) in [4.78, 5) is 26.9. The van der Waals surface area contributed by atoms with Crippen LogP contribution in [-0.4, -0.2) is 49.1 Å². The maximum absolute atomic E-state index is 12.6.